The van der Waals surface area contributed by atoms with Gasteiger partial charge in [-0.3, -0.25) is 0 Å². The fourth-order valence-corrected chi connectivity index (χ4v) is 2.75. The molecule has 1 aromatic heterocycles. The van der Waals surface area contributed by atoms with Crippen LogP contribution in [0.1, 0.15) is 13.8 Å². The van der Waals surface area contributed by atoms with Crippen LogP contribution in [0.3, 0.4) is 0 Å². The zero-order valence-corrected chi connectivity index (χ0v) is 11.0. The average Bonchev–Trinajstić information content (AvgIpc) is 2.55. The highest BCUT2D eigenvalue weighted by molar-refractivity contribution is 7.89. The molecule has 0 saturated heterocycles. The number of hydrogen-bond acceptors (Lipinski definition) is 2. The molecule has 0 bridgehead atoms. The molecule has 0 saturated carbocycles. The first-order valence-electron chi connectivity index (χ1n) is 5.60. The second-order valence-electron chi connectivity index (χ2n) is 4.75. The number of nitrogens with zero attached hydrogens (tertiary/aromatic N) is 1. The molecule has 0 fully saturated rings. The van der Waals surface area contributed by atoms with Crippen LogP contribution in [0.25, 0.3) is 10.9 Å². The Balaban J connectivity index is 2.75. The number of nitrogens with two attached hydrogens (primary N) is 1. The molecule has 1 aromatic carbocycles. The van der Waals surface area contributed by atoms with Crippen molar-refractivity contribution < 1.29 is 12.8 Å². The lowest BCUT2D eigenvalue weighted by Gasteiger charge is -2.07. The zero-order valence-electron chi connectivity index (χ0n) is 10.2. The van der Waals surface area contributed by atoms with Gasteiger partial charge in [-0.05, 0) is 24.1 Å². The van der Waals surface area contributed by atoms with Crippen LogP contribution in [0, 0.1) is 11.7 Å². The fourth-order valence-electron chi connectivity index (χ4n) is 2.01. The Morgan fingerprint density at radius 3 is 2.61 bits per heavy atom. The lowest BCUT2D eigenvalue weighted by atomic mass is 10.2. The molecule has 6 heteroatoms. The molecule has 2 N–H and O–H groups in total. The van der Waals surface area contributed by atoms with E-state index in [4.69, 9.17) is 5.14 Å². The van der Waals surface area contributed by atoms with Crippen molar-refractivity contribution in [3.63, 3.8) is 0 Å². The second-order valence-corrected chi connectivity index (χ2v) is 6.28. The SMILES string of the molecule is CC(C)Cn1cc(S(N)(=O)=O)c2cc(F)ccc21. The molecule has 1 heterocycles. The van der Waals surface area contributed by atoms with E-state index in [0.717, 1.165) is 0 Å². The van der Waals surface area contributed by atoms with Crippen LogP contribution in [0.15, 0.2) is 29.3 Å². The van der Waals surface area contributed by atoms with E-state index in [9.17, 15) is 12.8 Å². The van der Waals surface area contributed by atoms with E-state index in [1.54, 1.807) is 10.6 Å². The fraction of sp³-hybridized carbons (Fsp3) is 0.333. The number of fused-ring (bicyclic) bond motifs is 1. The van der Waals surface area contributed by atoms with Gasteiger partial charge >= 0.3 is 0 Å². The summed E-state index contributed by atoms with van der Waals surface area (Å²) in [4.78, 5) is -0.0300. The van der Waals surface area contributed by atoms with E-state index in [-0.39, 0.29) is 4.90 Å². The summed E-state index contributed by atoms with van der Waals surface area (Å²) in [6.45, 7) is 4.69. The number of benzene rings is 1. The van der Waals surface area contributed by atoms with Gasteiger partial charge in [0.05, 0.1) is 0 Å². The van der Waals surface area contributed by atoms with Crippen molar-refractivity contribution in [3.05, 3.63) is 30.2 Å². The minimum atomic E-state index is -3.85. The summed E-state index contributed by atoms with van der Waals surface area (Å²) in [5.74, 6) is -0.131. The number of hydrogen-bond donors (Lipinski definition) is 1. The van der Waals surface area contributed by atoms with Gasteiger partial charge in [0.1, 0.15) is 10.7 Å². The van der Waals surface area contributed by atoms with E-state index in [2.05, 4.69) is 0 Å². The molecule has 0 unspecified atom stereocenters. The van der Waals surface area contributed by atoms with Crippen LogP contribution < -0.4 is 5.14 Å². The molecule has 0 aliphatic heterocycles. The Kier molecular flexibility index (Phi) is 3.16. The van der Waals surface area contributed by atoms with Crippen molar-refractivity contribution in [2.45, 2.75) is 25.3 Å². The maximum atomic E-state index is 13.2. The second kappa shape index (κ2) is 4.37. The molecule has 4 nitrogen and oxygen atoms in total. The standard InChI is InChI=1S/C12H15FN2O2S/c1-8(2)6-15-7-12(18(14,16)17)10-5-9(13)3-4-11(10)15/h3-5,7-8H,6H2,1-2H3,(H2,14,16,17). The monoisotopic (exact) mass is 270 g/mol. The maximum absolute atomic E-state index is 13.2. The first-order valence-corrected chi connectivity index (χ1v) is 7.15. The van der Waals surface area contributed by atoms with Crippen LogP contribution in [0.5, 0.6) is 0 Å². The third-order valence-electron chi connectivity index (χ3n) is 2.67. The van der Waals surface area contributed by atoms with Gasteiger partial charge in [-0.1, -0.05) is 13.8 Å². The highest BCUT2D eigenvalue weighted by atomic mass is 32.2. The topological polar surface area (TPSA) is 65.1 Å². The van der Waals surface area contributed by atoms with Gasteiger partial charge in [-0.2, -0.15) is 0 Å². The van der Waals surface area contributed by atoms with Crippen LogP contribution in [0.2, 0.25) is 0 Å². The summed E-state index contributed by atoms with van der Waals surface area (Å²) in [6, 6.07) is 4.08. The van der Waals surface area contributed by atoms with Gasteiger partial charge in [0.15, 0.2) is 0 Å². The molecule has 18 heavy (non-hydrogen) atoms. The third-order valence-corrected chi connectivity index (χ3v) is 3.61. The summed E-state index contributed by atoms with van der Waals surface area (Å²) in [5, 5.41) is 5.49. The predicted octanol–water partition coefficient (Wildman–Crippen LogP) is 2.08. The van der Waals surface area contributed by atoms with Gasteiger partial charge in [-0.25, -0.2) is 17.9 Å². The summed E-state index contributed by atoms with van der Waals surface area (Å²) in [5.41, 5.74) is 0.675. The smallest absolute Gasteiger partial charge is 0.240 e. The van der Waals surface area contributed by atoms with E-state index < -0.39 is 15.8 Å². The van der Waals surface area contributed by atoms with E-state index in [1.807, 2.05) is 13.8 Å². The number of primary sulfonamides is 1. The van der Waals surface area contributed by atoms with E-state index in [1.165, 1.54) is 18.3 Å². The first kappa shape index (κ1) is 13.0. The number of halogens is 1. The molecule has 2 rings (SSSR count). The lowest BCUT2D eigenvalue weighted by Crippen LogP contribution is -2.11. The van der Waals surface area contributed by atoms with Gasteiger partial charge in [-0.15, -0.1) is 0 Å². The third kappa shape index (κ3) is 2.39. The van der Waals surface area contributed by atoms with Crippen LogP contribution >= 0.6 is 0 Å². The molecule has 0 aliphatic carbocycles. The van der Waals surface area contributed by atoms with Crippen LogP contribution in [-0.4, -0.2) is 13.0 Å². The molecule has 2 aromatic rings. The summed E-state index contributed by atoms with van der Waals surface area (Å²) < 4.78 is 38.0. The number of sulfonamides is 1. The van der Waals surface area contributed by atoms with Crippen molar-refractivity contribution >= 4 is 20.9 Å². The zero-order chi connectivity index (χ0) is 13.5. The quantitative estimate of drug-likeness (QED) is 0.928. The first-order chi connectivity index (χ1) is 8.29. The molecular formula is C12H15FN2O2S. The minimum absolute atomic E-state index is 0.0300. The molecule has 0 amide bonds. The largest absolute Gasteiger partial charge is 0.346 e. The van der Waals surface area contributed by atoms with E-state index in [0.29, 0.717) is 23.4 Å². The Morgan fingerprint density at radius 2 is 2.06 bits per heavy atom. The van der Waals surface area contributed by atoms with E-state index >= 15 is 0 Å². The van der Waals surface area contributed by atoms with Crippen molar-refractivity contribution in [1.82, 2.24) is 4.57 Å². The van der Waals surface area contributed by atoms with Gasteiger partial charge in [0.25, 0.3) is 0 Å². The number of aromatic nitrogens is 1. The molecule has 0 spiro atoms. The molecule has 0 radical (unpaired) electrons. The minimum Gasteiger partial charge on any atom is -0.346 e. The highest BCUT2D eigenvalue weighted by Gasteiger charge is 2.18. The molecule has 0 atom stereocenters. The Bertz CT molecular complexity index is 689. The summed E-state index contributed by atoms with van der Waals surface area (Å²) >= 11 is 0. The van der Waals surface area contributed by atoms with Crippen molar-refractivity contribution in [2.75, 3.05) is 0 Å². The Hall–Kier alpha value is -1.40. The van der Waals surface area contributed by atoms with Crippen LogP contribution in [-0.2, 0) is 16.6 Å². The summed E-state index contributed by atoms with van der Waals surface area (Å²) in [7, 11) is -3.85. The molecule has 98 valence electrons. The molecular weight excluding hydrogens is 255 g/mol. The van der Waals surface area contributed by atoms with Gasteiger partial charge in [0, 0.05) is 23.6 Å². The maximum Gasteiger partial charge on any atom is 0.240 e. The average molecular weight is 270 g/mol. The predicted molar refractivity (Wildman–Crippen MR) is 68.1 cm³/mol. The summed E-state index contributed by atoms with van der Waals surface area (Å²) in [6.07, 6.45) is 1.47. The van der Waals surface area contributed by atoms with Crippen molar-refractivity contribution in [2.24, 2.45) is 11.1 Å². The highest BCUT2D eigenvalue weighted by Crippen LogP contribution is 2.26. The van der Waals surface area contributed by atoms with Gasteiger partial charge < -0.3 is 4.57 Å². The van der Waals surface area contributed by atoms with Crippen LogP contribution in [0.4, 0.5) is 4.39 Å². The van der Waals surface area contributed by atoms with Crippen molar-refractivity contribution in [1.29, 1.82) is 0 Å². The Morgan fingerprint density at radius 1 is 1.39 bits per heavy atom. The lowest BCUT2D eigenvalue weighted by molar-refractivity contribution is 0.532. The van der Waals surface area contributed by atoms with Gasteiger partial charge in [0.2, 0.25) is 10.0 Å². The number of rotatable bonds is 3. The normalized spacial score (nSPS) is 12.5. The Labute approximate surface area is 105 Å². The molecule has 0 aliphatic rings. The van der Waals surface area contributed by atoms with Crippen molar-refractivity contribution in [3.8, 4) is 0 Å².